The summed E-state index contributed by atoms with van der Waals surface area (Å²) in [5.74, 6) is -0.313. The van der Waals surface area contributed by atoms with Crippen molar-refractivity contribution in [3.8, 4) is 11.3 Å². The van der Waals surface area contributed by atoms with Gasteiger partial charge in [-0.15, -0.1) is 0 Å². The smallest absolute Gasteiger partial charge is 0.267 e. The Labute approximate surface area is 152 Å². The molecule has 7 heteroatoms. The molecule has 0 unspecified atom stereocenters. The minimum Gasteiger partial charge on any atom is -0.324 e. The van der Waals surface area contributed by atoms with Crippen LogP contribution >= 0.6 is 15.9 Å². The van der Waals surface area contributed by atoms with Crippen LogP contribution in [0.25, 0.3) is 11.3 Å². The number of carbonyl (C=O) groups is 1. The highest BCUT2D eigenvalue weighted by Gasteiger charge is 2.09. The lowest BCUT2D eigenvalue weighted by Crippen LogP contribution is -2.29. The molecule has 0 aliphatic rings. The van der Waals surface area contributed by atoms with Gasteiger partial charge in [0, 0.05) is 34.2 Å². The zero-order valence-corrected chi connectivity index (χ0v) is 15.0. The van der Waals surface area contributed by atoms with Crippen LogP contribution in [0.15, 0.2) is 64.1 Å². The van der Waals surface area contributed by atoms with E-state index in [1.54, 1.807) is 36.7 Å². The number of rotatable bonds is 4. The first-order valence-corrected chi connectivity index (χ1v) is 8.37. The Kier molecular flexibility index (Phi) is 5.04. The van der Waals surface area contributed by atoms with Gasteiger partial charge in [-0.2, -0.15) is 5.10 Å². The number of halogens is 1. The summed E-state index contributed by atoms with van der Waals surface area (Å²) in [4.78, 5) is 28.2. The molecule has 1 aromatic carbocycles. The lowest BCUT2D eigenvalue weighted by molar-refractivity contribution is -0.117. The second kappa shape index (κ2) is 7.40. The summed E-state index contributed by atoms with van der Waals surface area (Å²) >= 11 is 3.38. The normalized spacial score (nSPS) is 10.5. The van der Waals surface area contributed by atoms with Gasteiger partial charge in [0.25, 0.3) is 5.56 Å². The lowest BCUT2D eigenvalue weighted by atomic mass is 10.2. The highest BCUT2D eigenvalue weighted by Crippen LogP contribution is 2.20. The maximum Gasteiger partial charge on any atom is 0.267 e. The Morgan fingerprint density at radius 2 is 1.92 bits per heavy atom. The number of nitrogens with one attached hydrogen (secondary N) is 1. The van der Waals surface area contributed by atoms with Gasteiger partial charge in [0.05, 0.1) is 5.69 Å². The van der Waals surface area contributed by atoms with Crippen molar-refractivity contribution in [2.24, 2.45) is 0 Å². The number of nitrogens with zero attached hydrogens (tertiary/aromatic N) is 3. The van der Waals surface area contributed by atoms with Gasteiger partial charge in [-0.25, -0.2) is 4.68 Å². The number of hydrogen-bond donors (Lipinski definition) is 1. The molecule has 1 N–H and O–H groups in total. The topological polar surface area (TPSA) is 76.9 Å². The van der Waals surface area contributed by atoms with Crippen LogP contribution in [0, 0.1) is 6.92 Å². The van der Waals surface area contributed by atoms with E-state index in [1.807, 2.05) is 19.1 Å². The molecule has 3 rings (SSSR count). The molecule has 25 heavy (non-hydrogen) atoms. The Morgan fingerprint density at radius 3 is 2.64 bits per heavy atom. The van der Waals surface area contributed by atoms with E-state index in [-0.39, 0.29) is 18.0 Å². The van der Waals surface area contributed by atoms with E-state index >= 15 is 0 Å². The largest absolute Gasteiger partial charge is 0.324 e. The van der Waals surface area contributed by atoms with Gasteiger partial charge in [0.15, 0.2) is 0 Å². The van der Waals surface area contributed by atoms with Crippen LogP contribution in [-0.4, -0.2) is 20.7 Å². The summed E-state index contributed by atoms with van der Waals surface area (Å²) in [6, 6.07) is 12.2. The number of benzene rings is 1. The second-order valence-corrected chi connectivity index (χ2v) is 6.37. The summed E-state index contributed by atoms with van der Waals surface area (Å²) in [7, 11) is 0. The summed E-state index contributed by atoms with van der Waals surface area (Å²) in [6.45, 7) is 1.74. The minimum absolute atomic E-state index is 0.159. The second-order valence-electron chi connectivity index (χ2n) is 5.46. The van der Waals surface area contributed by atoms with Crippen LogP contribution in [0.5, 0.6) is 0 Å². The van der Waals surface area contributed by atoms with Crippen molar-refractivity contribution < 1.29 is 4.79 Å². The summed E-state index contributed by atoms with van der Waals surface area (Å²) in [6.07, 6.45) is 3.30. The number of amides is 1. The molecule has 0 radical (unpaired) electrons. The standard InChI is InChI=1S/C18H15BrN4O2/c1-12-10-14(19)2-3-15(12)21-17(24)11-23-18(25)5-4-16(22-23)13-6-8-20-9-7-13/h2-10H,11H2,1H3,(H,21,24). The van der Waals surface area contributed by atoms with Gasteiger partial charge in [0.2, 0.25) is 5.91 Å². The van der Waals surface area contributed by atoms with Crippen LogP contribution in [0.4, 0.5) is 5.69 Å². The highest BCUT2D eigenvalue weighted by atomic mass is 79.9. The van der Waals surface area contributed by atoms with Crippen molar-refractivity contribution in [2.45, 2.75) is 13.5 Å². The van der Waals surface area contributed by atoms with Crippen LogP contribution in [0.3, 0.4) is 0 Å². The van der Waals surface area contributed by atoms with Gasteiger partial charge in [0.1, 0.15) is 6.54 Å². The third kappa shape index (κ3) is 4.19. The number of pyridine rings is 1. The van der Waals surface area contributed by atoms with Gasteiger partial charge in [-0.05, 0) is 48.9 Å². The van der Waals surface area contributed by atoms with Crippen molar-refractivity contribution in [3.05, 3.63) is 75.2 Å². The fourth-order valence-electron chi connectivity index (χ4n) is 2.33. The molecule has 0 fully saturated rings. The SMILES string of the molecule is Cc1cc(Br)ccc1NC(=O)Cn1nc(-c2ccncc2)ccc1=O. The molecule has 2 aromatic heterocycles. The summed E-state index contributed by atoms with van der Waals surface area (Å²) in [5.41, 5.74) is 2.73. The number of anilines is 1. The van der Waals surface area contributed by atoms with Crippen LogP contribution < -0.4 is 10.9 Å². The molecule has 0 saturated heterocycles. The molecule has 3 aromatic rings. The van der Waals surface area contributed by atoms with Gasteiger partial charge < -0.3 is 5.32 Å². The average molecular weight is 399 g/mol. The summed E-state index contributed by atoms with van der Waals surface area (Å²) in [5, 5.41) is 7.07. The van der Waals surface area contributed by atoms with E-state index in [9.17, 15) is 9.59 Å². The fourth-order valence-corrected chi connectivity index (χ4v) is 2.81. The molecule has 6 nitrogen and oxygen atoms in total. The van der Waals surface area contributed by atoms with Crippen molar-refractivity contribution in [1.29, 1.82) is 0 Å². The molecule has 0 aliphatic heterocycles. The quantitative estimate of drug-likeness (QED) is 0.732. The van der Waals surface area contributed by atoms with Crippen LogP contribution in [-0.2, 0) is 11.3 Å². The van der Waals surface area contributed by atoms with E-state index < -0.39 is 0 Å². The van der Waals surface area contributed by atoms with Crippen molar-refractivity contribution >= 4 is 27.5 Å². The molecule has 0 aliphatic carbocycles. The minimum atomic E-state index is -0.333. The molecule has 2 heterocycles. The van der Waals surface area contributed by atoms with Crippen molar-refractivity contribution in [3.63, 3.8) is 0 Å². The zero-order chi connectivity index (χ0) is 17.8. The van der Waals surface area contributed by atoms with E-state index in [1.165, 1.54) is 6.07 Å². The molecular formula is C18H15BrN4O2. The number of carbonyl (C=O) groups excluding carboxylic acids is 1. The lowest BCUT2D eigenvalue weighted by Gasteiger charge is -2.10. The predicted octanol–water partition coefficient (Wildman–Crippen LogP) is 3.01. The molecular weight excluding hydrogens is 384 g/mol. The third-order valence-electron chi connectivity index (χ3n) is 3.60. The highest BCUT2D eigenvalue weighted by molar-refractivity contribution is 9.10. The average Bonchev–Trinajstić information content (AvgIpc) is 2.60. The molecule has 0 bridgehead atoms. The van der Waals surface area contributed by atoms with E-state index in [0.29, 0.717) is 11.4 Å². The molecule has 0 saturated carbocycles. The first kappa shape index (κ1) is 17.0. The Morgan fingerprint density at radius 1 is 1.16 bits per heavy atom. The van der Waals surface area contributed by atoms with E-state index in [4.69, 9.17) is 0 Å². The summed E-state index contributed by atoms with van der Waals surface area (Å²) < 4.78 is 2.09. The van der Waals surface area contributed by atoms with Crippen LogP contribution in [0.2, 0.25) is 0 Å². The molecule has 126 valence electrons. The monoisotopic (exact) mass is 398 g/mol. The number of aromatic nitrogens is 3. The van der Waals surface area contributed by atoms with Crippen LogP contribution in [0.1, 0.15) is 5.56 Å². The Hall–Kier alpha value is -2.80. The van der Waals surface area contributed by atoms with E-state index in [2.05, 4.69) is 31.3 Å². The Bertz CT molecular complexity index is 970. The number of aryl methyl sites for hydroxylation is 1. The van der Waals surface area contributed by atoms with Crippen molar-refractivity contribution in [2.75, 3.05) is 5.32 Å². The van der Waals surface area contributed by atoms with Gasteiger partial charge >= 0.3 is 0 Å². The fraction of sp³-hybridized carbons (Fsp3) is 0.111. The molecule has 0 atom stereocenters. The predicted molar refractivity (Wildman–Crippen MR) is 99.2 cm³/mol. The Balaban J connectivity index is 1.80. The maximum absolute atomic E-state index is 12.3. The van der Waals surface area contributed by atoms with Crippen molar-refractivity contribution in [1.82, 2.24) is 14.8 Å². The van der Waals surface area contributed by atoms with Gasteiger partial charge in [-0.3, -0.25) is 14.6 Å². The van der Waals surface area contributed by atoms with Gasteiger partial charge in [-0.1, -0.05) is 15.9 Å². The molecule has 1 amide bonds. The van der Waals surface area contributed by atoms with E-state index in [0.717, 1.165) is 20.3 Å². The maximum atomic E-state index is 12.3. The first-order chi connectivity index (χ1) is 12.0. The number of hydrogen-bond acceptors (Lipinski definition) is 4. The molecule has 0 spiro atoms. The first-order valence-electron chi connectivity index (χ1n) is 7.57. The zero-order valence-electron chi connectivity index (χ0n) is 13.4. The third-order valence-corrected chi connectivity index (χ3v) is 4.09.